The quantitative estimate of drug-likeness (QED) is 0.500. The number of esters is 1. The van der Waals surface area contributed by atoms with Crippen molar-refractivity contribution < 1.29 is 19.1 Å². The second-order valence-electron chi connectivity index (χ2n) is 6.48. The number of aryl methyl sites for hydroxylation is 1. The van der Waals surface area contributed by atoms with Crippen LogP contribution in [0.25, 0.3) is 0 Å². The minimum absolute atomic E-state index is 0.234. The molecule has 0 bridgehead atoms. The van der Waals surface area contributed by atoms with Gasteiger partial charge in [0.2, 0.25) is 0 Å². The molecular weight excluding hydrogens is 368 g/mol. The molecule has 0 unspecified atom stereocenters. The molecule has 3 aromatic rings. The molecule has 0 aromatic heterocycles. The number of nitrogens with one attached hydrogen (secondary N) is 2. The Labute approximate surface area is 168 Å². The van der Waals surface area contributed by atoms with Gasteiger partial charge in [0.25, 0.3) is 11.8 Å². The zero-order valence-electron chi connectivity index (χ0n) is 16.1. The van der Waals surface area contributed by atoms with E-state index < -0.39 is 5.97 Å². The lowest BCUT2D eigenvalue weighted by Gasteiger charge is -2.10. The Morgan fingerprint density at radius 3 is 1.93 bits per heavy atom. The first-order chi connectivity index (χ1) is 13.9. The highest BCUT2D eigenvalue weighted by atomic mass is 16.5. The molecule has 0 atom stereocenters. The average Bonchev–Trinajstić information content (AvgIpc) is 2.68. The van der Waals surface area contributed by atoms with Gasteiger partial charge in [0.05, 0.1) is 0 Å². The van der Waals surface area contributed by atoms with Crippen molar-refractivity contribution in [3.05, 3.63) is 89.5 Å². The van der Waals surface area contributed by atoms with Crippen molar-refractivity contribution in [1.29, 1.82) is 0 Å². The van der Waals surface area contributed by atoms with Crippen molar-refractivity contribution in [3.63, 3.8) is 0 Å². The fourth-order valence-electron chi connectivity index (χ4n) is 2.65. The number of amides is 2. The summed E-state index contributed by atoms with van der Waals surface area (Å²) < 4.78 is 5.00. The molecule has 29 heavy (non-hydrogen) atoms. The fraction of sp³-hybridized carbons (Fsp3) is 0.0870. The molecule has 0 aliphatic rings. The molecule has 146 valence electrons. The van der Waals surface area contributed by atoms with E-state index in [4.69, 9.17) is 4.74 Å². The third-order valence-corrected chi connectivity index (χ3v) is 4.05. The Balaban J connectivity index is 1.69. The molecule has 0 saturated carbocycles. The minimum atomic E-state index is -0.459. The van der Waals surface area contributed by atoms with E-state index in [0.717, 1.165) is 5.56 Å². The number of carbonyl (C=O) groups excluding carboxylic acids is 3. The minimum Gasteiger partial charge on any atom is -0.427 e. The molecule has 2 N–H and O–H groups in total. The zero-order chi connectivity index (χ0) is 20.8. The molecule has 3 rings (SSSR count). The molecule has 6 heteroatoms. The van der Waals surface area contributed by atoms with Gasteiger partial charge in [0.15, 0.2) is 0 Å². The van der Waals surface area contributed by atoms with E-state index in [9.17, 15) is 14.4 Å². The van der Waals surface area contributed by atoms with Gasteiger partial charge >= 0.3 is 5.97 Å². The highest BCUT2D eigenvalue weighted by molar-refractivity contribution is 6.06. The van der Waals surface area contributed by atoms with E-state index in [1.54, 1.807) is 54.6 Å². The third-order valence-electron chi connectivity index (χ3n) is 4.05. The monoisotopic (exact) mass is 388 g/mol. The van der Waals surface area contributed by atoms with E-state index in [1.165, 1.54) is 13.0 Å². The van der Waals surface area contributed by atoms with Crippen LogP contribution in [0.2, 0.25) is 0 Å². The van der Waals surface area contributed by atoms with Gasteiger partial charge in [-0.3, -0.25) is 14.4 Å². The lowest BCUT2D eigenvalue weighted by atomic mass is 10.1. The Morgan fingerprint density at radius 1 is 0.724 bits per heavy atom. The van der Waals surface area contributed by atoms with E-state index in [0.29, 0.717) is 28.3 Å². The van der Waals surface area contributed by atoms with Crippen LogP contribution in [-0.4, -0.2) is 17.8 Å². The van der Waals surface area contributed by atoms with Crippen LogP contribution in [0.5, 0.6) is 5.75 Å². The van der Waals surface area contributed by atoms with Crippen molar-refractivity contribution >= 4 is 29.2 Å². The molecule has 2 amide bonds. The lowest BCUT2D eigenvalue weighted by molar-refractivity contribution is -0.131. The summed E-state index contributed by atoms with van der Waals surface area (Å²) >= 11 is 0. The fourth-order valence-corrected chi connectivity index (χ4v) is 2.65. The maximum atomic E-state index is 12.5. The summed E-state index contributed by atoms with van der Waals surface area (Å²) in [4.78, 5) is 35.9. The summed E-state index contributed by atoms with van der Waals surface area (Å²) in [6.07, 6.45) is 0. The number of anilines is 2. The van der Waals surface area contributed by atoms with Gasteiger partial charge in [-0.2, -0.15) is 0 Å². The van der Waals surface area contributed by atoms with Crippen LogP contribution < -0.4 is 15.4 Å². The number of benzene rings is 3. The first-order valence-corrected chi connectivity index (χ1v) is 8.98. The number of carbonyl (C=O) groups is 3. The van der Waals surface area contributed by atoms with E-state index in [1.807, 2.05) is 19.1 Å². The van der Waals surface area contributed by atoms with Gasteiger partial charge in [0, 0.05) is 29.4 Å². The Kier molecular flexibility index (Phi) is 6.04. The van der Waals surface area contributed by atoms with Gasteiger partial charge in [-0.05, 0) is 55.5 Å². The average molecular weight is 388 g/mol. The van der Waals surface area contributed by atoms with Gasteiger partial charge in [-0.25, -0.2) is 0 Å². The standard InChI is InChI=1S/C23H20N2O4/c1-15-9-11-17(12-10-15)22(27)24-19-6-4-7-20(14-19)25-23(28)18-5-3-8-21(13-18)29-16(2)26/h3-14H,1-2H3,(H,24,27)(H,25,28). The molecular formula is C23H20N2O4. The SMILES string of the molecule is CC(=O)Oc1cccc(C(=O)Nc2cccc(NC(=O)c3ccc(C)cc3)c2)c1. The molecule has 3 aromatic carbocycles. The molecule has 0 fully saturated rings. The molecule has 0 spiro atoms. The van der Waals surface area contributed by atoms with Crippen LogP contribution in [0.3, 0.4) is 0 Å². The number of hydrogen-bond acceptors (Lipinski definition) is 4. The second-order valence-corrected chi connectivity index (χ2v) is 6.48. The van der Waals surface area contributed by atoms with Crippen molar-refractivity contribution in [1.82, 2.24) is 0 Å². The zero-order valence-corrected chi connectivity index (χ0v) is 16.1. The summed E-state index contributed by atoms with van der Waals surface area (Å²) in [5.41, 5.74) is 3.05. The number of rotatable bonds is 5. The molecule has 0 heterocycles. The maximum Gasteiger partial charge on any atom is 0.308 e. The Hall–Kier alpha value is -3.93. The van der Waals surface area contributed by atoms with E-state index in [-0.39, 0.29) is 11.8 Å². The van der Waals surface area contributed by atoms with Crippen molar-refractivity contribution in [2.24, 2.45) is 0 Å². The van der Waals surface area contributed by atoms with E-state index >= 15 is 0 Å². The van der Waals surface area contributed by atoms with Gasteiger partial charge < -0.3 is 15.4 Å². The van der Waals surface area contributed by atoms with Crippen LogP contribution in [0.15, 0.2) is 72.8 Å². The Bertz CT molecular complexity index is 1060. The second kappa shape index (κ2) is 8.84. The van der Waals surface area contributed by atoms with Crippen LogP contribution >= 0.6 is 0 Å². The van der Waals surface area contributed by atoms with Gasteiger partial charge in [0.1, 0.15) is 5.75 Å². The van der Waals surface area contributed by atoms with Crippen molar-refractivity contribution in [3.8, 4) is 5.75 Å². The van der Waals surface area contributed by atoms with Crippen LogP contribution in [0, 0.1) is 6.92 Å². The maximum absolute atomic E-state index is 12.5. The first-order valence-electron chi connectivity index (χ1n) is 8.98. The van der Waals surface area contributed by atoms with Crippen LogP contribution in [-0.2, 0) is 4.79 Å². The van der Waals surface area contributed by atoms with E-state index in [2.05, 4.69) is 10.6 Å². The number of ether oxygens (including phenoxy) is 1. The topological polar surface area (TPSA) is 84.5 Å². The number of hydrogen-bond donors (Lipinski definition) is 2. The summed E-state index contributed by atoms with van der Waals surface area (Å²) in [6.45, 7) is 3.25. The molecule has 0 radical (unpaired) electrons. The lowest BCUT2D eigenvalue weighted by Crippen LogP contribution is -2.14. The summed E-state index contributed by atoms with van der Waals surface area (Å²) in [7, 11) is 0. The van der Waals surface area contributed by atoms with Crippen LogP contribution in [0.4, 0.5) is 11.4 Å². The largest absolute Gasteiger partial charge is 0.427 e. The van der Waals surface area contributed by atoms with Gasteiger partial charge in [-0.1, -0.05) is 29.8 Å². The highest BCUT2D eigenvalue weighted by Crippen LogP contribution is 2.19. The molecule has 6 nitrogen and oxygen atoms in total. The summed E-state index contributed by atoms with van der Waals surface area (Å²) in [6, 6.07) is 20.4. The first kappa shape index (κ1) is 19.8. The summed E-state index contributed by atoms with van der Waals surface area (Å²) in [5, 5.41) is 5.58. The molecule has 0 aliphatic carbocycles. The summed E-state index contributed by atoms with van der Waals surface area (Å²) in [5.74, 6) is -0.757. The van der Waals surface area contributed by atoms with Crippen LogP contribution in [0.1, 0.15) is 33.2 Å². The highest BCUT2D eigenvalue weighted by Gasteiger charge is 2.10. The predicted octanol–water partition coefficient (Wildman–Crippen LogP) is 4.42. The predicted molar refractivity (Wildman–Crippen MR) is 111 cm³/mol. The third kappa shape index (κ3) is 5.52. The van der Waals surface area contributed by atoms with Gasteiger partial charge in [-0.15, -0.1) is 0 Å². The molecule has 0 saturated heterocycles. The Morgan fingerprint density at radius 2 is 1.31 bits per heavy atom. The van der Waals surface area contributed by atoms with Crippen molar-refractivity contribution in [2.45, 2.75) is 13.8 Å². The normalized spacial score (nSPS) is 10.1. The van der Waals surface area contributed by atoms with Crippen molar-refractivity contribution in [2.75, 3.05) is 10.6 Å². The molecule has 0 aliphatic heterocycles. The smallest absolute Gasteiger partial charge is 0.308 e.